The zero-order valence-corrected chi connectivity index (χ0v) is 12.1. The molecule has 0 spiro atoms. The highest BCUT2D eigenvalue weighted by Gasteiger charge is 2.23. The lowest BCUT2D eigenvalue weighted by Gasteiger charge is -2.27. The van der Waals surface area contributed by atoms with E-state index in [1.807, 2.05) is 11.9 Å². The molecule has 0 aliphatic carbocycles. The lowest BCUT2D eigenvalue weighted by molar-refractivity contribution is 0.0721. The summed E-state index contributed by atoms with van der Waals surface area (Å²) in [4.78, 5) is 14.5. The average Bonchev–Trinajstić information content (AvgIpc) is 2.98. The van der Waals surface area contributed by atoms with Crippen LogP contribution < -0.4 is 5.32 Å². The maximum atomic E-state index is 12.5. The summed E-state index contributed by atoms with van der Waals surface area (Å²) in [5.41, 5.74) is 0.682. The minimum Gasteiger partial charge on any atom is -0.337 e. The average molecular weight is 264 g/mol. The standard InChI is InChI=1S/C14H24N4O/c1-11(2)8-18(10-13-5-4-6-15-13)14(19)12-7-16-17(3)9-12/h7,9,11,13,15H,4-6,8,10H2,1-3H3. The van der Waals surface area contributed by atoms with Gasteiger partial charge < -0.3 is 10.2 Å². The van der Waals surface area contributed by atoms with E-state index in [1.54, 1.807) is 17.1 Å². The Hall–Kier alpha value is -1.36. The normalized spacial score (nSPS) is 19.1. The summed E-state index contributed by atoms with van der Waals surface area (Å²) in [6.07, 6.45) is 5.81. The smallest absolute Gasteiger partial charge is 0.257 e. The van der Waals surface area contributed by atoms with E-state index in [0.717, 1.165) is 26.1 Å². The van der Waals surface area contributed by atoms with E-state index in [0.29, 0.717) is 17.5 Å². The zero-order valence-electron chi connectivity index (χ0n) is 12.1. The molecule has 2 rings (SSSR count). The van der Waals surface area contributed by atoms with Crippen LogP contribution >= 0.6 is 0 Å². The molecule has 1 atom stereocenters. The Morgan fingerprint density at radius 3 is 2.95 bits per heavy atom. The van der Waals surface area contributed by atoms with Crippen LogP contribution in [0.3, 0.4) is 0 Å². The number of aryl methyl sites for hydroxylation is 1. The molecule has 2 heterocycles. The molecule has 1 saturated heterocycles. The lowest BCUT2D eigenvalue weighted by atomic mass is 10.1. The van der Waals surface area contributed by atoms with Crippen LogP contribution in [0.15, 0.2) is 12.4 Å². The largest absolute Gasteiger partial charge is 0.337 e. The van der Waals surface area contributed by atoms with Crippen molar-refractivity contribution in [3.05, 3.63) is 18.0 Å². The van der Waals surface area contributed by atoms with Crippen molar-refractivity contribution in [3.8, 4) is 0 Å². The van der Waals surface area contributed by atoms with Gasteiger partial charge in [0.2, 0.25) is 0 Å². The first-order chi connectivity index (χ1) is 9.06. The van der Waals surface area contributed by atoms with Crippen LogP contribution in [0.5, 0.6) is 0 Å². The SMILES string of the molecule is CC(C)CN(CC1CCCN1)C(=O)c1cnn(C)c1. The molecule has 1 aliphatic rings. The first kappa shape index (κ1) is 14.1. The van der Waals surface area contributed by atoms with E-state index in [-0.39, 0.29) is 5.91 Å². The van der Waals surface area contributed by atoms with Crippen LogP contribution in [-0.4, -0.2) is 46.3 Å². The number of hydrogen-bond donors (Lipinski definition) is 1. The minimum absolute atomic E-state index is 0.0931. The quantitative estimate of drug-likeness (QED) is 0.871. The third kappa shape index (κ3) is 3.80. The topological polar surface area (TPSA) is 50.2 Å². The molecule has 1 aliphatic heterocycles. The van der Waals surface area contributed by atoms with E-state index in [2.05, 4.69) is 24.3 Å². The summed E-state index contributed by atoms with van der Waals surface area (Å²) in [7, 11) is 1.84. The van der Waals surface area contributed by atoms with Gasteiger partial charge in [-0.2, -0.15) is 5.10 Å². The van der Waals surface area contributed by atoms with Crippen LogP contribution in [0.25, 0.3) is 0 Å². The summed E-state index contributed by atoms with van der Waals surface area (Å²) in [5.74, 6) is 0.567. The number of carbonyl (C=O) groups is 1. The fraction of sp³-hybridized carbons (Fsp3) is 0.714. The highest BCUT2D eigenvalue weighted by molar-refractivity contribution is 5.93. The Bertz CT molecular complexity index is 421. The molecule has 106 valence electrons. The van der Waals surface area contributed by atoms with Gasteiger partial charge in [0, 0.05) is 32.4 Å². The van der Waals surface area contributed by atoms with E-state index >= 15 is 0 Å². The number of nitrogens with one attached hydrogen (secondary N) is 1. The van der Waals surface area contributed by atoms with Gasteiger partial charge in [0.1, 0.15) is 0 Å². The highest BCUT2D eigenvalue weighted by atomic mass is 16.2. The summed E-state index contributed by atoms with van der Waals surface area (Å²) >= 11 is 0. The Morgan fingerprint density at radius 2 is 2.42 bits per heavy atom. The van der Waals surface area contributed by atoms with Crippen LogP contribution in [0.4, 0.5) is 0 Å². The highest BCUT2D eigenvalue weighted by Crippen LogP contribution is 2.12. The number of hydrogen-bond acceptors (Lipinski definition) is 3. The fourth-order valence-corrected chi connectivity index (χ4v) is 2.57. The number of amides is 1. The van der Waals surface area contributed by atoms with E-state index < -0.39 is 0 Å². The van der Waals surface area contributed by atoms with Gasteiger partial charge in [-0.15, -0.1) is 0 Å². The van der Waals surface area contributed by atoms with Gasteiger partial charge in [0.15, 0.2) is 0 Å². The molecule has 1 N–H and O–H groups in total. The van der Waals surface area contributed by atoms with Crippen LogP contribution in [0.2, 0.25) is 0 Å². The summed E-state index contributed by atoms with van der Waals surface area (Å²) in [6, 6.07) is 0.444. The maximum Gasteiger partial charge on any atom is 0.257 e. The lowest BCUT2D eigenvalue weighted by Crippen LogP contribution is -2.42. The third-order valence-electron chi connectivity index (χ3n) is 3.43. The second-order valence-corrected chi connectivity index (χ2v) is 5.80. The predicted molar refractivity (Wildman–Crippen MR) is 75.0 cm³/mol. The van der Waals surface area contributed by atoms with Gasteiger partial charge in [-0.05, 0) is 25.3 Å². The Labute approximate surface area is 115 Å². The number of carbonyl (C=O) groups excluding carboxylic acids is 1. The molecular weight excluding hydrogens is 240 g/mol. The first-order valence-corrected chi connectivity index (χ1v) is 7.07. The Balaban J connectivity index is 2.05. The van der Waals surface area contributed by atoms with Gasteiger partial charge in [-0.25, -0.2) is 0 Å². The monoisotopic (exact) mass is 264 g/mol. The minimum atomic E-state index is 0.0931. The van der Waals surface area contributed by atoms with Gasteiger partial charge in [0.25, 0.3) is 5.91 Å². The molecule has 0 radical (unpaired) electrons. The van der Waals surface area contributed by atoms with Gasteiger partial charge in [-0.1, -0.05) is 13.8 Å². The first-order valence-electron chi connectivity index (χ1n) is 7.07. The van der Waals surface area contributed by atoms with Crippen molar-refractivity contribution in [3.63, 3.8) is 0 Å². The summed E-state index contributed by atoms with van der Waals surface area (Å²) < 4.78 is 1.68. The molecule has 0 saturated carbocycles. The van der Waals surface area contributed by atoms with Crippen molar-refractivity contribution in [1.29, 1.82) is 0 Å². The molecular formula is C14H24N4O. The Morgan fingerprint density at radius 1 is 1.63 bits per heavy atom. The van der Waals surface area contributed by atoms with Crippen molar-refractivity contribution in [2.75, 3.05) is 19.6 Å². The molecule has 1 aromatic rings. The molecule has 0 bridgehead atoms. The number of rotatable bonds is 5. The van der Waals surface area contributed by atoms with Crippen molar-refractivity contribution >= 4 is 5.91 Å². The van der Waals surface area contributed by atoms with Crippen LogP contribution in [0, 0.1) is 5.92 Å². The van der Waals surface area contributed by atoms with Crippen LogP contribution in [-0.2, 0) is 7.05 Å². The molecule has 0 aromatic carbocycles. The summed E-state index contributed by atoms with van der Waals surface area (Å²) in [6.45, 7) is 6.95. The number of aromatic nitrogens is 2. The molecule has 1 unspecified atom stereocenters. The zero-order chi connectivity index (χ0) is 13.8. The number of nitrogens with zero attached hydrogens (tertiary/aromatic N) is 3. The van der Waals surface area contributed by atoms with E-state index in [9.17, 15) is 4.79 Å². The van der Waals surface area contributed by atoms with Crippen LogP contribution in [0.1, 0.15) is 37.0 Å². The second kappa shape index (κ2) is 6.19. The molecule has 1 amide bonds. The molecule has 19 heavy (non-hydrogen) atoms. The van der Waals surface area contributed by atoms with Crippen molar-refractivity contribution in [1.82, 2.24) is 20.0 Å². The van der Waals surface area contributed by atoms with Gasteiger partial charge in [-0.3, -0.25) is 9.48 Å². The second-order valence-electron chi connectivity index (χ2n) is 5.80. The van der Waals surface area contributed by atoms with Gasteiger partial charge in [0.05, 0.1) is 11.8 Å². The molecule has 5 nitrogen and oxygen atoms in total. The predicted octanol–water partition coefficient (Wildman–Crippen LogP) is 1.27. The summed E-state index contributed by atoms with van der Waals surface area (Å²) in [5, 5.41) is 7.54. The molecule has 5 heteroatoms. The molecule has 1 fully saturated rings. The van der Waals surface area contributed by atoms with Gasteiger partial charge >= 0.3 is 0 Å². The van der Waals surface area contributed by atoms with Crippen molar-refractivity contribution < 1.29 is 4.79 Å². The fourth-order valence-electron chi connectivity index (χ4n) is 2.57. The van der Waals surface area contributed by atoms with E-state index in [4.69, 9.17) is 0 Å². The van der Waals surface area contributed by atoms with Crippen molar-refractivity contribution in [2.45, 2.75) is 32.7 Å². The maximum absolute atomic E-state index is 12.5. The van der Waals surface area contributed by atoms with E-state index in [1.165, 1.54) is 6.42 Å². The third-order valence-corrected chi connectivity index (χ3v) is 3.43. The van der Waals surface area contributed by atoms with Crippen molar-refractivity contribution in [2.24, 2.45) is 13.0 Å². The Kier molecular flexibility index (Phi) is 4.58. The molecule has 1 aromatic heterocycles.